The highest BCUT2D eigenvalue weighted by Crippen LogP contribution is 2.35. The lowest BCUT2D eigenvalue weighted by atomic mass is 10.2. The number of carbonyl (C=O) groups is 1. The molecule has 1 aliphatic rings. The van der Waals surface area contributed by atoms with E-state index in [9.17, 15) is 9.59 Å². The first-order chi connectivity index (χ1) is 9.74. The Balaban J connectivity index is 1.73. The summed E-state index contributed by atoms with van der Waals surface area (Å²) in [5, 5.41) is 2.73. The summed E-state index contributed by atoms with van der Waals surface area (Å²) in [5.74, 6) is 0.971. The molecule has 0 unspecified atom stereocenters. The summed E-state index contributed by atoms with van der Waals surface area (Å²) >= 11 is 0. The van der Waals surface area contributed by atoms with Crippen LogP contribution in [0.4, 0.5) is 0 Å². The number of rotatable bonds is 3. The zero-order valence-electron chi connectivity index (χ0n) is 10.5. The van der Waals surface area contributed by atoms with Gasteiger partial charge in [-0.2, -0.15) is 0 Å². The SMILES string of the molecule is O=C(NCc1cccc2c1OCO2)c1cccc(=O)[nH]1. The molecule has 6 heteroatoms. The number of aromatic nitrogens is 1. The van der Waals surface area contributed by atoms with Gasteiger partial charge >= 0.3 is 0 Å². The monoisotopic (exact) mass is 272 g/mol. The number of fused-ring (bicyclic) bond motifs is 1. The lowest BCUT2D eigenvalue weighted by Crippen LogP contribution is -2.25. The predicted molar refractivity (Wildman–Crippen MR) is 70.8 cm³/mol. The fourth-order valence-corrected chi connectivity index (χ4v) is 1.98. The molecule has 3 rings (SSSR count). The number of hydrogen-bond donors (Lipinski definition) is 2. The summed E-state index contributed by atoms with van der Waals surface area (Å²) in [6.07, 6.45) is 0. The number of benzene rings is 1. The number of ether oxygens (including phenoxy) is 2. The average Bonchev–Trinajstić information content (AvgIpc) is 2.93. The van der Waals surface area contributed by atoms with Gasteiger partial charge in [-0.05, 0) is 12.1 Å². The van der Waals surface area contributed by atoms with Gasteiger partial charge in [0.25, 0.3) is 5.91 Å². The Morgan fingerprint density at radius 3 is 2.90 bits per heavy atom. The summed E-state index contributed by atoms with van der Waals surface area (Å²) in [6.45, 7) is 0.481. The van der Waals surface area contributed by atoms with Crippen LogP contribution in [0.3, 0.4) is 0 Å². The molecule has 2 aromatic rings. The summed E-state index contributed by atoms with van der Waals surface area (Å²) in [6, 6.07) is 9.92. The molecule has 0 atom stereocenters. The van der Waals surface area contributed by atoms with Gasteiger partial charge in [-0.15, -0.1) is 0 Å². The third kappa shape index (κ3) is 2.35. The van der Waals surface area contributed by atoms with Gasteiger partial charge in [0.05, 0.1) is 0 Å². The molecule has 2 heterocycles. The Kier molecular flexibility index (Phi) is 3.12. The first-order valence-electron chi connectivity index (χ1n) is 6.09. The van der Waals surface area contributed by atoms with Crippen molar-refractivity contribution in [3.8, 4) is 11.5 Å². The van der Waals surface area contributed by atoms with Crippen LogP contribution in [-0.2, 0) is 6.54 Å². The molecule has 0 saturated heterocycles. The molecule has 1 amide bonds. The second-order valence-corrected chi connectivity index (χ2v) is 4.26. The predicted octanol–water partition coefficient (Wildman–Crippen LogP) is 1.03. The lowest BCUT2D eigenvalue weighted by molar-refractivity contribution is 0.0945. The van der Waals surface area contributed by atoms with Crippen molar-refractivity contribution in [2.45, 2.75) is 6.54 Å². The van der Waals surface area contributed by atoms with E-state index in [-0.39, 0.29) is 24.0 Å². The minimum atomic E-state index is -0.348. The zero-order chi connectivity index (χ0) is 13.9. The van der Waals surface area contributed by atoms with Gasteiger partial charge in [0, 0.05) is 18.2 Å². The van der Waals surface area contributed by atoms with Crippen LogP contribution in [0.25, 0.3) is 0 Å². The largest absolute Gasteiger partial charge is 0.454 e. The number of hydrogen-bond acceptors (Lipinski definition) is 4. The normalized spacial score (nSPS) is 12.2. The number of H-pyrrole nitrogens is 1. The number of para-hydroxylation sites is 1. The van der Waals surface area contributed by atoms with E-state index in [1.807, 2.05) is 18.2 Å². The Morgan fingerprint density at radius 2 is 2.05 bits per heavy atom. The van der Waals surface area contributed by atoms with Crippen molar-refractivity contribution in [1.29, 1.82) is 0 Å². The zero-order valence-corrected chi connectivity index (χ0v) is 10.5. The summed E-state index contributed by atoms with van der Waals surface area (Å²) in [7, 11) is 0. The van der Waals surface area contributed by atoms with Crippen LogP contribution in [-0.4, -0.2) is 17.7 Å². The van der Waals surface area contributed by atoms with Crippen LogP contribution in [0.2, 0.25) is 0 Å². The molecule has 6 nitrogen and oxygen atoms in total. The number of nitrogens with one attached hydrogen (secondary N) is 2. The van der Waals surface area contributed by atoms with Gasteiger partial charge in [-0.1, -0.05) is 18.2 Å². The van der Waals surface area contributed by atoms with E-state index in [4.69, 9.17) is 9.47 Å². The molecule has 2 N–H and O–H groups in total. The fourth-order valence-electron chi connectivity index (χ4n) is 1.98. The standard InChI is InChI=1S/C14H12N2O4/c17-12-6-2-4-10(16-12)14(18)15-7-9-3-1-5-11-13(9)20-8-19-11/h1-6H,7-8H2,(H,15,18)(H,16,17). The maximum atomic E-state index is 11.9. The third-order valence-electron chi connectivity index (χ3n) is 2.93. The van der Waals surface area contributed by atoms with E-state index < -0.39 is 0 Å². The van der Waals surface area contributed by atoms with Crippen molar-refractivity contribution < 1.29 is 14.3 Å². The first-order valence-corrected chi connectivity index (χ1v) is 6.09. The van der Waals surface area contributed by atoms with Gasteiger partial charge in [0.15, 0.2) is 11.5 Å². The van der Waals surface area contributed by atoms with Gasteiger partial charge in [0.1, 0.15) is 5.69 Å². The summed E-state index contributed by atoms with van der Waals surface area (Å²) in [4.78, 5) is 25.5. The van der Waals surface area contributed by atoms with Crippen molar-refractivity contribution >= 4 is 5.91 Å². The molecule has 0 fully saturated rings. The highest BCUT2D eigenvalue weighted by molar-refractivity contribution is 5.92. The molecule has 102 valence electrons. The fraction of sp³-hybridized carbons (Fsp3) is 0.143. The molecule has 0 saturated carbocycles. The molecule has 0 radical (unpaired) electrons. The Morgan fingerprint density at radius 1 is 1.20 bits per heavy atom. The number of pyridine rings is 1. The quantitative estimate of drug-likeness (QED) is 0.874. The maximum Gasteiger partial charge on any atom is 0.268 e. The van der Waals surface area contributed by atoms with Crippen LogP contribution >= 0.6 is 0 Å². The van der Waals surface area contributed by atoms with E-state index in [0.717, 1.165) is 5.56 Å². The Labute approximate surface area is 114 Å². The molecule has 20 heavy (non-hydrogen) atoms. The highest BCUT2D eigenvalue weighted by Gasteiger charge is 2.17. The average molecular weight is 272 g/mol. The van der Waals surface area contributed by atoms with Gasteiger partial charge in [-0.25, -0.2) is 0 Å². The van der Waals surface area contributed by atoms with E-state index >= 15 is 0 Å². The van der Waals surface area contributed by atoms with E-state index in [1.165, 1.54) is 12.1 Å². The minimum absolute atomic E-state index is 0.187. The topological polar surface area (TPSA) is 80.4 Å². The van der Waals surface area contributed by atoms with E-state index in [0.29, 0.717) is 18.0 Å². The number of carbonyl (C=O) groups excluding carboxylic acids is 1. The Bertz CT molecular complexity index is 708. The van der Waals surface area contributed by atoms with Crippen molar-refractivity contribution in [1.82, 2.24) is 10.3 Å². The van der Waals surface area contributed by atoms with Crippen LogP contribution < -0.4 is 20.3 Å². The van der Waals surface area contributed by atoms with Crippen molar-refractivity contribution in [3.05, 3.63) is 58.0 Å². The Hall–Kier alpha value is -2.76. The van der Waals surface area contributed by atoms with Crippen LogP contribution in [0.1, 0.15) is 16.1 Å². The minimum Gasteiger partial charge on any atom is -0.454 e. The molecular weight excluding hydrogens is 260 g/mol. The smallest absolute Gasteiger partial charge is 0.268 e. The molecule has 1 aliphatic heterocycles. The lowest BCUT2D eigenvalue weighted by Gasteiger charge is -2.07. The molecule has 0 aliphatic carbocycles. The van der Waals surface area contributed by atoms with Crippen molar-refractivity contribution in [2.24, 2.45) is 0 Å². The third-order valence-corrected chi connectivity index (χ3v) is 2.93. The molecular formula is C14H12N2O4. The number of aromatic amines is 1. The van der Waals surface area contributed by atoms with Crippen molar-refractivity contribution in [2.75, 3.05) is 6.79 Å². The molecule has 0 spiro atoms. The van der Waals surface area contributed by atoms with Gasteiger partial charge < -0.3 is 19.8 Å². The van der Waals surface area contributed by atoms with Crippen LogP contribution in [0.5, 0.6) is 11.5 Å². The highest BCUT2D eigenvalue weighted by atomic mass is 16.7. The molecule has 1 aromatic carbocycles. The van der Waals surface area contributed by atoms with Gasteiger partial charge in [0.2, 0.25) is 12.4 Å². The molecule has 1 aromatic heterocycles. The maximum absolute atomic E-state index is 11.9. The first kappa shape index (κ1) is 12.3. The van der Waals surface area contributed by atoms with Crippen molar-refractivity contribution in [3.63, 3.8) is 0 Å². The summed E-state index contributed by atoms with van der Waals surface area (Å²) in [5.41, 5.74) is 0.740. The van der Waals surface area contributed by atoms with Gasteiger partial charge in [-0.3, -0.25) is 9.59 Å². The second kappa shape index (κ2) is 5.08. The van der Waals surface area contributed by atoms with Crippen LogP contribution in [0.15, 0.2) is 41.2 Å². The van der Waals surface area contributed by atoms with E-state index in [2.05, 4.69) is 10.3 Å². The molecule has 0 bridgehead atoms. The van der Waals surface area contributed by atoms with Crippen LogP contribution in [0, 0.1) is 0 Å². The summed E-state index contributed by atoms with van der Waals surface area (Å²) < 4.78 is 10.6. The van der Waals surface area contributed by atoms with E-state index in [1.54, 1.807) is 6.07 Å². The number of amides is 1. The second-order valence-electron chi connectivity index (χ2n) is 4.26.